The van der Waals surface area contributed by atoms with Gasteiger partial charge in [0.25, 0.3) is 0 Å². The molecule has 1 heterocycles. The van der Waals surface area contributed by atoms with Gasteiger partial charge in [-0.25, -0.2) is 0 Å². The summed E-state index contributed by atoms with van der Waals surface area (Å²) in [5.74, 6) is 2.28. The van der Waals surface area contributed by atoms with Gasteiger partial charge < -0.3 is 20.1 Å². The topological polar surface area (TPSA) is 54.9 Å². The lowest BCUT2D eigenvalue weighted by Crippen LogP contribution is -2.26. The van der Waals surface area contributed by atoms with Crippen LogP contribution in [0.15, 0.2) is 23.2 Å². The van der Waals surface area contributed by atoms with Crippen LogP contribution in [0.2, 0.25) is 0 Å². The number of aliphatic imine (C=N–C) groups is 1. The fourth-order valence-electron chi connectivity index (χ4n) is 1.51. The Balaban J connectivity index is 2.19. The Morgan fingerprint density at radius 3 is 2.81 bits per heavy atom. The van der Waals surface area contributed by atoms with Crippen molar-refractivity contribution in [3.63, 3.8) is 0 Å². The number of guanidine groups is 1. The van der Waals surface area contributed by atoms with Gasteiger partial charge in [0.15, 0.2) is 5.96 Å². The average Bonchev–Trinajstić information content (AvgIpc) is 2.82. The van der Waals surface area contributed by atoms with Gasteiger partial charge in [0.05, 0.1) is 26.5 Å². The monoisotopic (exact) mass is 221 g/mol. The second-order valence-corrected chi connectivity index (χ2v) is 3.35. The van der Waals surface area contributed by atoms with Crippen LogP contribution in [0.25, 0.3) is 0 Å². The summed E-state index contributed by atoms with van der Waals surface area (Å²) in [5, 5.41) is 6.31. The van der Waals surface area contributed by atoms with E-state index >= 15 is 0 Å². The minimum absolute atomic E-state index is 0.732. The molecular formula is C11H15N3O2. The summed E-state index contributed by atoms with van der Waals surface area (Å²) in [6, 6.07) is 5.61. The summed E-state index contributed by atoms with van der Waals surface area (Å²) in [6.07, 6.45) is 0. The van der Waals surface area contributed by atoms with E-state index in [-0.39, 0.29) is 0 Å². The second kappa shape index (κ2) is 4.74. The summed E-state index contributed by atoms with van der Waals surface area (Å²) >= 11 is 0. The fraction of sp³-hybridized carbons (Fsp3) is 0.364. The lowest BCUT2D eigenvalue weighted by Gasteiger charge is -2.12. The molecule has 1 aromatic rings. The van der Waals surface area contributed by atoms with E-state index in [2.05, 4.69) is 15.6 Å². The Hall–Kier alpha value is -1.91. The predicted octanol–water partition coefficient (Wildman–Crippen LogP) is 1.07. The number of methoxy groups -OCH3 is 2. The van der Waals surface area contributed by atoms with Crippen LogP contribution >= 0.6 is 0 Å². The molecule has 1 aromatic carbocycles. The van der Waals surface area contributed by atoms with Crippen LogP contribution in [0.5, 0.6) is 11.5 Å². The molecule has 86 valence electrons. The first-order valence-electron chi connectivity index (χ1n) is 5.11. The maximum atomic E-state index is 5.27. The smallest absolute Gasteiger partial charge is 0.196 e. The lowest BCUT2D eigenvalue weighted by atomic mass is 10.2. The van der Waals surface area contributed by atoms with Gasteiger partial charge in [-0.1, -0.05) is 0 Å². The number of rotatable bonds is 3. The molecule has 0 radical (unpaired) electrons. The Kier molecular flexibility index (Phi) is 3.14. The first kappa shape index (κ1) is 10.6. The highest BCUT2D eigenvalue weighted by molar-refractivity contribution is 5.95. The first-order chi connectivity index (χ1) is 7.83. The van der Waals surface area contributed by atoms with Crippen LogP contribution in [0.3, 0.4) is 0 Å². The summed E-state index contributed by atoms with van der Waals surface area (Å²) in [6.45, 7) is 1.68. The summed E-state index contributed by atoms with van der Waals surface area (Å²) in [7, 11) is 3.26. The van der Waals surface area contributed by atoms with E-state index < -0.39 is 0 Å². The van der Waals surface area contributed by atoms with Crippen LogP contribution in [0.4, 0.5) is 5.69 Å². The number of anilines is 1. The van der Waals surface area contributed by atoms with Crippen molar-refractivity contribution in [1.82, 2.24) is 5.32 Å². The molecule has 2 rings (SSSR count). The Labute approximate surface area is 94.5 Å². The van der Waals surface area contributed by atoms with E-state index in [0.29, 0.717) is 0 Å². The standard InChI is InChI=1S/C11H15N3O2/c1-15-8-3-4-9(10(7-8)16-2)14-11-12-5-6-13-11/h3-4,7H,5-6H2,1-2H3,(H2,12,13,14). The number of hydrogen-bond acceptors (Lipinski definition) is 5. The molecule has 16 heavy (non-hydrogen) atoms. The van der Waals surface area contributed by atoms with E-state index in [1.807, 2.05) is 18.2 Å². The highest BCUT2D eigenvalue weighted by Gasteiger charge is 2.09. The fourth-order valence-corrected chi connectivity index (χ4v) is 1.51. The molecule has 2 N–H and O–H groups in total. The van der Waals surface area contributed by atoms with E-state index in [0.717, 1.165) is 36.2 Å². The van der Waals surface area contributed by atoms with Crippen molar-refractivity contribution in [3.8, 4) is 11.5 Å². The van der Waals surface area contributed by atoms with E-state index in [9.17, 15) is 0 Å². The SMILES string of the molecule is COc1ccc(NC2=NCCN2)c(OC)c1. The zero-order chi connectivity index (χ0) is 11.4. The van der Waals surface area contributed by atoms with Crippen molar-refractivity contribution in [2.75, 3.05) is 32.6 Å². The minimum atomic E-state index is 0.732. The second-order valence-electron chi connectivity index (χ2n) is 3.35. The summed E-state index contributed by atoms with van der Waals surface area (Å²) in [4.78, 5) is 4.26. The quantitative estimate of drug-likeness (QED) is 0.801. The van der Waals surface area contributed by atoms with Crippen molar-refractivity contribution in [2.45, 2.75) is 0 Å². The van der Waals surface area contributed by atoms with Crippen molar-refractivity contribution >= 4 is 11.6 Å². The Morgan fingerprint density at radius 1 is 1.31 bits per heavy atom. The van der Waals surface area contributed by atoms with Gasteiger partial charge in [0.1, 0.15) is 11.5 Å². The molecule has 1 aliphatic rings. The third-order valence-corrected chi connectivity index (χ3v) is 2.34. The highest BCUT2D eigenvalue weighted by atomic mass is 16.5. The van der Waals surface area contributed by atoms with Crippen LogP contribution < -0.4 is 20.1 Å². The van der Waals surface area contributed by atoms with Gasteiger partial charge in [-0.2, -0.15) is 0 Å². The summed E-state index contributed by atoms with van der Waals surface area (Å²) < 4.78 is 10.4. The molecule has 0 amide bonds. The van der Waals surface area contributed by atoms with Gasteiger partial charge in [-0.15, -0.1) is 0 Å². The molecule has 0 aliphatic carbocycles. The van der Waals surface area contributed by atoms with Gasteiger partial charge in [-0.05, 0) is 12.1 Å². The molecule has 0 unspecified atom stereocenters. The zero-order valence-electron chi connectivity index (χ0n) is 9.41. The largest absolute Gasteiger partial charge is 0.497 e. The lowest BCUT2D eigenvalue weighted by molar-refractivity contribution is 0.395. The molecule has 0 saturated carbocycles. The molecule has 0 spiro atoms. The number of hydrogen-bond donors (Lipinski definition) is 2. The first-order valence-corrected chi connectivity index (χ1v) is 5.11. The zero-order valence-corrected chi connectivity index (χ0v) is 9.41. The van der Waals surface area contributed by atoms with Crippen molar-refractivity contribution in [2.24, 2.45) is 4.99 Å². The number of ether oxygens (including phenoxy) is 2. The molecule has 5 nitrogen and oxygen atoms in total. The normalized spacial score (nSPS) is 14.0. The van der Waals surface area contributed by atoms with Crippen LogP contribution in [-0.4, -0.2) is 33.3 Å². The number of nitrogens with one attached hydrogen (secondary N) is 2. The average molecular weight is 221 g/mol. The minimum Gasteiger partial charge on any atom is -0.497 e. The van der Waals surface area contributed by atoms with Gasteiger partial charge in [-0.3, -0.25) is 4.99 Å². The Morgan fingerprint density at radius 2 is 2.19 bits per heavy atom. The van der Waals surface area contributed by atoms with Gasteiger partial charge in [0.2, 0.25) is 0 Å². The molecule has 0 fully saturated rings. The third kappa shape index (κ3) is 2.18. The van der Waals surface area contributed by atoms with Crippen LogP contribution in [0, 0.1) is 0 Å². The third-order valence-electron chi connectivity index (χ3n) is 2.34. The van der Waals surface area contributed by atoms with Crippen molar-refractivity contribution in [1.29, 1.82) is 0 Å². The highest BCUT2D eigenvalue weighted by Crippen LogP contribution is 2.28. The van der Waals surface area contributed by atoms with Crippen molar-refractivity contribution < 1.29 is 9.47 Å². The van der Waals surface area contributed by atoms with E-state index in [4.69, 9.17) is 9.47 Å². The molecular weight excluding hydrogens is 206 g/mol. The van der Waals surface area contributed by atoms with Gasteiger partial charge in [0, 0.05) is 12.6 Å². The number of benzene rings is 1. The van der Waals surface area contributed by atoms with Crippen LogP contribution in [0.1, 0.15) is 0 Å². The van der Waals surface area contributed by atoms with E-state index in [1.54, 1.807) is 14.2 Å². The molecule has 0 bridgehead atoms. The van der Waals surface area contributed by atoms with Crippen molar-refractivity contribution in [3.05, 3.63) is 18.2 Å². The van der Waals surface area contributed by atoms with E-state index in [1.165, 1.54) is 0 Å². The molecule has 0 atom stereocenters. The maximum Gasteiger partial charge on any atom is 0.196 e. The Bertz CT molecular complexity index is 404. The predicted molar refractivity (Wildman–Crippen MR) is 63.5 cm³/mol. The molecule has 0 aromatic heterocycles. The van der Waals surface area contributed by atoms with Gasteiger partial charge >= 0.3 is 0 Å². The molecule has 5 heteroatoms. The molecule has 0 saturated heterocycles. The maximum absolute atomic E-state index is 5.27. The van der Waals surface area contributed by atoms with Crippen LogP contribution in [-0.2, 0) is 0 Å². The summed E-state index contributed by atoms with van der Waals surface area (Å²) in [5.41, 5.74) is 0.872. The number of nitrogens with zero attached hydrogens (tertiary/aromatic N) is 1. The molecule has 1 aliphatic heterocycles.